The minimum atomic E-state index is -4.51. The summed E-state index contributed by atoms with van der Waals surface area (Å²) < 4.78 is 44.6. The smallest absolute Gasteiger partial charge is 0.253 e. The monoisotopic (exact) mass is 358 g/mol. The fourth-order valence-corrected chi connectivity index (χ4v) is 2.17. The van der Waals surface area contributed by atoms with Gasteiger partial charge in [-0.15, -0.1) is 0 Å². The van der Waals surface area contributed by atoms with Gasteiger partial charge in [0.05, 0.1) is 17.5 Å². The van der Waals surface area contributed by atoms with Crippen LogP contribution in [-0.2, 0) is 14.6 Å². The van der Waals surface area contributed by atoms with E-state index in [0.717, 1.165) is 12.1 Å². The molecule has 1 aromatic carbocycles. The molecule has 0 aromatic heterocycles. The lowest BCUT2D eigenvalue weighted by Crippen LogP contribution is -2.44. The highest BCUT2D eigenvalue weighted by molar-refractivity contribution is 7.90. The highest BCUT2D eigenvalue weighted by Gasteiger charge is 2.24. The van der Waals surface area contributed by atoms with E-state index in [9.17, 15) is 23.4 Å². The Labute approximate surface area is 136 Å². The summed E-state index contributed by atoms with van der Waals surface area (Å²) in [5.74, 6) is -0.821. The van der Waals surface area contributed by atoms with Crippen molar-refractivity contribution in [3.05, 3.63) is 29.8 Å². The Kier molecular flexibility index (Phi) is 4.87. The van der Waals surface area contributed by atoms with Gasteiger partial charge in [0, 0.05) is 10.3 Å². The Balaban J connectivity index is 3.01. The van der Waals surface area contributed by atoms with Crippen LogP contribution in [0.4, 0.5) is 0 Å². The van der Waals surface area contributed by atoms with Crippen LogP contribution in [0.5, 0.6) is 0 Å². The topological polar surface area (TPSA) is 104 Å². The van der Waals surface area contributed by atoms with Gasteiger partial charge in [0.1, 0.15) is 6.10 Å². The lowest BCUT2D eigenvalue weighted by atomic mass is 10.0. The molecule has 2 atom stereocenters. The molecular weight excluding hydrogens is 341 g/mol. The van der Waals surface area contributed by atoms with Gasteiger partial charge in [-0.2, -0.15) is 0 Å². The molecule has 1 amide bonds. The fourth-order valence-electron chi connectivity index (χ4n) is 1.55. The molecule has 118 valence electrons. The van der Waals surface area contributed by atoms with E-state index in [1.165, 1.54) is 12.1 Å². The first-order chi connectivity index (χ1) is 10.9. The van der Waals surface area contributed by atoms with Crippen molar-refractivity contribution in [3.63, 3.8) is 0 Å². The SMILES string of the molecule is [2H]C([2H])([2H])S(=O)(=O)c1ccc([C@@H](O)[C@@H](CO)NC(=O)C(Cl)Cl)cc1. The molecule has 1 rings (SSSR count). The van der Waals surface area contributed by atoms with Gasteiger partial charge in [-0.3, -0.25) is 4.79 Å². The Morgan fingerprint density at radius 1 is 1.38 bits per heavy atom. The molecule has 0 aliphatic heterocycles. The maximum atomic E-state index is 11.8. The molecule has 0 fully saturated rings. The molecule has 0 saturated heterocycles. The number of alkyl halides is 2. The van der Waals surface area contributed by atoms with Crippen LogP contribution in [0.25, 0.3) is 0 Å². The molecule has 0 aliphatic rings. The molecule has 1 aromatic rings. The van der Waals surface area contributed by atoms with Crippen molar-refractivity contribution in [2.45, 2.75) is 21.9 Å². The molecule has 3 N–H and O–H groups in total. The van der Waals surface area contributed by atoms with Crippen molar-refractivity contribution >= 4 is 38.9 Å². The lowest BCUT2D eigenvalue weighted by Gasteiger charge is -2.23. The summed E-state index contributed by atoms with van der Waals surface area (Å²) in [5.41, 5.74) is 0.152. The Hall–Kier alpha value is -0.860. The minimum Gasteiger partial charge on any atom is -0.394 e. The van der Waals surface area contributed by atoms with E-state index in [2.05, 4.69) is 5.32 Å². The summed E-state index contributed by atoms with van der Waals surface area (Å²) in [6.45, 7) is -0.636. The summed E-state index contributed by atoms with van der Waals surface area (Å²) in [6.07, 6.45) is -4.60. The van der Waals surface area contributed by atoms with Gasteiger partial charge in [0.2, 0.25) is 0 Å². The molecule has 0 bridgehead atoms. The van der Waals surface area contributed by atoms with E-state index in [1.54, 1.807) is 0 Å². The van der Waals surface area contributed by atoms with E-state index >= 15 is 0 Å². The van der Waals surface area contributed by atoms with Crippen LogP contribution in [0.1, 0.15) is 15.8 Å². The number of hydrogen-bond acceptors (Lipinski definition) is 5. The van der Waals surface area contributed by atoms with Gasteiger partial charge in [-0.25, -0.2) is 8.42 Å². The van der Waals surface area contributed by atoms with Crippen LogP contribution < -0.4 is 5.32 Å². The average Bonchev–Trinajstić information content (AvgIpc) is 2.50. The first kappa shape index (κ1) is 13.8. The van der Waals surface area contributed by atoms with Gasteiger partial charge < -0.3 is 15.5 Å². The first-order valence-corrected chi connectivity index (χ1v) is 7.99. The number of hydrogen-bond donors (Lipinski definition) is 3. The number of amides is 1. The van der Waals surface area contributed by atoms with Crippen molar-refractivity contribution in [2.75, 3.05) is 12.8 Å². The second kappa shape index (κ2) is 7.42. The molecule has 0 spiro atoms. The molecule has 6 nitrogen and oxygen atoms in total. The molecule has 21 heavy (non-hydrogen) atoms. The molecule has 0 heterocycles. The maximum absolute atomic E-state index is 11.8. The van der Waals surface area contributed by atoms with Gasteiger partial charge >= 0.3 is 0 Å². The van der Waals surface area contributed by atoms with Gasteiger partial charge in [-0.05, 0) is 17.7 Å². The van der Waals surface area contributed by atoms with Crippen molar-refractivity contribution in [1.29, 1.82) is 0 Å². The van der Waals surface area contributed by atoms with Crippen LogP contribution in [0.2, 0.25) is 0 Å². The van der Waals surface area contributed by atoms with E-state index in [-0.39, 0.29) is 5.56 Å². The summed E-state index contributed by atoms with van der Waals surface area (Å²) in [6, 6.07) is 3.25. The van der Waals surface area contributed by atoms with Crippen molar-refractivity contribution in [2.24, 2.45) is 0 Å². The zero-order chi connectivity index (χ0) is 18.7. The number of halogens is 2. The van der Waals surface area contributed by atoms with E-state index in [0.29, 0.717) is 0 Å². The number of rotatable bonds is 6. The summed E-state index contributed by atoms with van der Waals surface area (Å²) >= 11 is 10.7. The van der Waals surface area contributed by atoms with Gasteiger partial charge in [-0.1, -0.05) is 35.3 Å². The predicted molar refractivity (Wildman–Crippen MR) is 79.0 cm³/mol. The summed E-state index contributed by atoms with van der Waals surface area (Å²) in [7, 11) is -4.51. The van der Waals surface area contributed by atoms with Crippen LogP contribution in [0.3, 0.4) is 0 Å². The Morgan fingerprint density at radius 2 is 1.95 bits per heavy atom. The third-order valence-electron chi connectivity index (χ3n) is 2.64. The highest BCUT2D eigenvalue weighted by Crippen LogP contribution is 2.20. The molecule has 0 aliphatic carbocycles. The predicted octanol–water partition coefficient (Wildman–Crippen LogP) is 0.404. The molecule has 0 saturated carbocycles. The quantitative estimate of drug-likeness (QED) is 0.638. The summed E-state index contributed by atoms with van der Waals surface area (Å²) in [5, 5.41) is 21.6. The van der Waals surface area contributed by atoms with Crippen molar-refractivity contribution < 1.29 is 27.5 Å². The Morgan fingerprint density at radius 3 is 2.38 bits per heavy atom. The number of aliphatic hydroxyl groups is 2. The van der Waals surface area contributed by atoms with Crippen LogP contribution >= 0.6 is 23.2 Å². The number of benzene rings is 1. The van der Waals surface area contributed by atoms with Crippen molar-refractivity contribution in [1.82, 2.24) is 5.32 Å². The average molecular weight is 359 g/mol. The number of carbonyl (C=O) groups is 1. The maximum Gasteiger partial charge on any atom is 0.253 e. The van der Waals surface area contributed by atoms with E-state index < -0.39 is 50.4 Å². The second-order valence-corrected chi connectivity index (χ2v) is 6.69. The first-order valence-electron chi connectivity index (χ1n) is 7.14. The van der Waals surface area contributed by atoms with Crippen molar-refractivity contribution in [3.8, 4) is 0 Å². The Bertz CT molecular complexity index is 679. The number of nitrogens with one attached hydrogen (secondary N) is 1. The van der Waals surface area contributed by atoms with Gasteiger partial charge in [0.25, 0.3) is 5.91 Å². The van der Waals surface area contributed by atoms with E-state index in [4.69, 9.17) is 27.3 Å². The largest absolute Gasteiger partial charge is 0.394 e. The molecule has 0 unspecified atom stereocenters. The normalized spacial score (nSPS) is 17.5. The highest BCUT2D eigenvalue weighted by atomic mass is 35.5. The van der Waals surface area contributed by atoms with Crippen LogP contribution in [0, 0.1) is 0 Å². The zero-order valence-corrected chi connectivity index (χ0v) is 12.9. The molecular formula is C12H15Cl2NO5S. The molecule has 0 radical (unpaired) electrons. The third-order valence-corrected chi connectivity index (χ3v) is 3.92. The van der Waals surface area contributed by atoms with E-state index in [1.807, 2.05) is 0 Å². The molecule has 9 heteroatoms. The third kappa shape index (κ3) is 5.12. The second-order valence-electron chi connectivity index (χ2n) is 4.12. The number of aliphatic hydroxyl groups excluding tert-OH is 2. The van der Waals surface area contributed by atoms with Crippen LogP contribution in [0.15, 0.2) is 29.2 Å². The number of carbonyl (C=O) groups excluding carboxylic acids is 1. The minimum absolute atomic E-state index is 0.152. The summed E-state index contributed by atoms with van der Waals surface area (Å²) in [4.78, 5) is 9.57. The lowest BCUT2D eigenvalue weighted by molar-refractivity contribution is -0.121. The zero-order valence-electron chi connectivity index (χ0n) is 13.5. The standard InChI is InChI=1S/C12H15Cl2NO5S/c1-21(19,20)8-4-2-7(3-5-8)10(17)9(6-16)15-12(18)11(13)14/h2-5,9-11,16-17H,6H2,1H3,(H,15,18)/t9-,10-/m1/s1/i1D3. The van der Waals surface area contributed by atoms with Crippen LogP contribution in [-0.4, -0.2) is 48.2 Å². The number of sulfone groups is 1. The van der Waals surface area contributed by atoms with Gasteiger partial charge in [0.15, 0.2) is 14.7 Å². The fraction of sp³-hybridized carbons (Fsp3) is 0.417.